The van der Waals surface area contributed by atoms with Crippen LogP contribution in [-0.2, 0) is 19.0 Å². The van der Waals surface area contributed by atoms with Crippen molar-refractivity contribution in [2.45, 2.75) is 121 Å². The Morgan fingerprint density at radius 3 is 2.46 bits per heavy atom. The minimum Gasteiger partial charge on any atom is -0.462 e. The molecule has 8 heteroatoms. The van der Waals surface area contributed by atoms with E-state index < -0.39 is 36.3 Å². The van der Waals surface area contributed by atoms with Crippen LogP contribution < -0.4 is 0 Å². The lowest BCUT2D eigenvalue weighted by Gasteiger charge is -2.65. The van der Waals surface area contributed by atoms with Crippen LogP contribution >= 0.6 is 0 Å². The summed E-state index contributed by atoms with van der Waals surface area (Å²) in [4.78, 5) is 11.8. The molecule has 4 saturated carbocycles. The van der Waals surface area contributed by atoms with Gasteiger partial charge in [-0.2, -0.15) is 0 Å². The first-order valence-corrected chi connectivity index (χ1v) is 14.4. The van der Waals surface area contributed by atoms with Crippen LogP contribution in [0.5, 0.6) is 0 Å². The summed E-state index contributed by atoms with van der Waals surface area (Å²) in [5.41, 5.74) is -1.24. The smallest absolute Gasteiger partial charge is 0.330 e. The Labute approximate surface area is 219 Å². The molecule has 0 amide bonds. The lowest BCUT2D eigenvalue weighted by molar-refractivity contribution is -0.310. The van der Waals surface area contributed by atoms with E-state index in [4.69, 9.17) is 14.2 Å². The largest absolute Gasteiger partial charge is 0.462 e. The van der Waals surface area contributed by atoms with E-state index in [0.717, 1.165) is 57.8 Å². The van der Waals surface area contributed by atoms with Crippen LogP contribution in [0, 0.1) is 34.0 Å². The van der Waals surface area contributed by atoms with Gasteiger partial charge in [0.2, 0.25) is 0 Å². The number of ether oxygens (including phenoxy) is 3. The highest BCUT2D eigenvalue weighted by Gasteiger charge is 2.71. The normalized spacial score (nSPS) is 57.4. The number of hydrogen-bond donors (Lipinski definition) is 4. The maximum Gasteiger partial charge on any atom is 0.330 e. The van der Waals surface area contributed by atoms with Crippen LogP contribution in [0.4, 0.5) is 0 Å². The van der Waals surface area contributed by atoms with Gasteiger partial charge in [-0.15, -0.1) is 0 Å². The van der Waals surface area contributed by atoms with Crippen molar-refractivity contribution >= 4 is 5.97 Å². The number of cyclic esters (lactones) is 1. The summed E-state index contributed by atoms with van der Waals surface area (Å²) in [7, 11) is 0. The number of rotatable bonds is 2. The molecule has 0 bridgehead atoms. The molecule has 1 saturated heterocycles. The van der Waals surface area contributed by atoms with Crippen molar-refractivity contribution in [3.63, 3.8) is 0 Å². The minimum absolute atomic E-state index is 0.0716. The van der Waals surface area contributed by atoms with Gasteiger partial charge in [-0.05, 0) is 87.9 Å². The molecule has 37 heavy (non-hydrogen) atoms. The lowest BCUT2D eigenvalue weighted by atomic mass is 9.42. The number of fused-ring (bicyclic) bond motifs is 6. The SMILES string of the molecule is C[C@H]1O[C@@H](O[C@H]2CC[C@@]3(C)[C@@H](CC[C@H]4[C@H]3CC[C@]3(C)[C@]5(C=CC(=O)OC5)CC[C@]43O)C2)[C@H](O)[C@@H](O)[C@H]1O. The standard InChI is InChI=1S/C29H44O8/c1-16-22(31)23(32)24(33)25(36-16)37-18-6-9-26(2)17(14-18)4-5-20-19(26)7-10-27(3)28(12-13-29(20,27)34)11-8-21(30)35-15-28/h8,11,16-20,22-25,31-34H,4-7,9-10,12-15H2,1-3H3/t16-,17+,18+,19-,20+,22+,23+,24-,25+,26+,27-,28-,29+/m1/s1. The van der Waals surface area contributed by atoms with Gasteiger partial charge in [0.15, 0.2) is 6.29 Å². The molecule has 0 unspecified atom stereocenters. The highest BCUT2D eigenvalue weighted by molar-refractivity contribution is 5.83. The molecular weight excluding hydrogens is 476 g/mol. The molecular formula is C29H44O8. The first-order valence-electron chi connectivity index (χ1n) is 14.4. The Hall–Kier alpha value is -1.03. The first-order chi connectivity index (χ1) is 17.4. The summed E-state index contributed by atoms with van der Waals surface area (Å²) in [6.45, 7) is 6.70. The van der Waals surface area contributed by atoms with Gasteiger partial charge in [-0.1, -0.05) is 19.9 Å². The predicted octanol–water partition coefficient (Wildman–Crippen LogP) is 2.46. The van der Waals surface area contributed by atoms with E-state index >= 15 is 0 Å². The molecule has 1 spiro atoms. The highest BCUT2D eigenvalue weighted by atomic mass is 16.7. The zero-order chi connectivity index (χ0) is 26.4. The van der Waals surface area contributed by atoms with Crippen molar-refractivity contribution in [2.24, 2.45) is 34.0 Å². The number of hydrogen-bond acceptors (Lipinski definition) is 8. The summed E-state index contributed by atoms with van der Waals surface area (Å²) in [5.74, 6) is 0.845. The van der Waals surface area contributed by atoms with Gasteiger partial charge in [-0.3, -0.25) is 0 Å². The topological polar surface area (TPSA) is 126 Å². The van der Waals surface area contributed by atoms with Crippen molar-refractivity contribution in [1.82, 2.24) is 0 Å². The summed E-state index contributed by atoms with van der Waals surface area (Å²) >= 11 is 0. The van der Waals surface area contributed by atoms with E-state index in [-0.39, 0.29) is 34.2 Å². The zero-order valence-electron chi connectivity index (χ0n) is 22.3. The van der Waals surface area contributed by atoms with Crippen LogP contribution in [0.2, 0.25) is 0 Å². The van der Waals surface area contributed by atoms with E-state index in [1.165, 1.54) is 0 Å². The van der Waals surface area contributed by atoms with Crippen molar-refractivity contribution in [3.05, 3.63) is 12.2 Å². The molecule has 0 aromatic rings. The molecule has 4 aliphatic carbocycles. The highest BCUT2D eigenvalue weighted by Crippen LogP contribution is 2.72. The maximum atomic E-state index is 12.4. The number of carbonyl (C=O) groups excluding carboxylic acids is 1. The second-order valence-electron chi connectivity index (χ2n) is 13.6. The molecule has 2 aliphatic heterocycles. The number of aliphatic hydroxyl groups excluding tert-OH is 3. The quantitative estimate of drug-likeness (QED) is 0.323. The monoisotopic (exact) mass is 520 g/mol. The van der Waals surface area contributed by atoms with Crippen LogP contribution in [0.25, 0.3) is 0 Å². The Balaban J connectivity index is 1.18. The van der Waals surface area contributed by atoms with E-state index in [0.29, 0.717) is 18.4 Å². The van der Waals surface area contributed by atoms with E-state index in [2.05, 4.69) is 13.8 Å². The van der Waals surface area contributed by atoms with Gasteiger partial charge < -0.3 is 34.6 Å². The average molecular weight is 521 g/mol. The molecule has 0 aromatic carbocycles. The Morgan fingerprint density at radius 1 is 0.946 bits per heavy atom. The van der Waals surface area contributed by atoms with Gasteiger partial charge in [0.25, 0.3) is 0 Å². The third kappa shape index (κ3) is 3.59. The predicted molar refractivity (Wildman–Crippen MR) is 133 cm³/mol. The van der Waals surface area contributed by atoms with Gasteiger partial charge in [-0.25, -0.2) is 4.79 Å². The summed E-state index contributed by atoms with van der Waals surface area (Å²) in [6, 6.07) is 0. The second-order valence-corrected chi connectivity index (χ2v) is 13.6. The first kappa shape index (κ1) is 26.2. The van der Waals surface area contributed by atoms with Crippen molar-refractivity contribution in [1.29, 1.82) is 0 Å². The van der Waals surface area contributed by atoms with Crippen LogP contribution in [0.15, 0.2) is 12.2 Å². The number of aliphatic hydroxyl groups is 4. The van der Waals surface area contributed by atoms with E-state index in [1.54, 1.807) is 13.0 Å². The van der Waals surface area contributed by atoms with Crippen molar-refractivity contribution in [3.8, 4) is 0 Å². The molecule has 8 nitrogen and oxygen atoms in total. The molecule has 6 aliphatic rings. The molecule has 5 fully saturated rings. The Bertz CT molecular complexity index is 954. The molecule has 4 N–H and O–H groups in total. The molecule has 208 valence electrons. The maximum absolute atomic E-state index is 12.4. The fourth-order valence-electron chi connectivity index (χ4n) is 9.82. The van der Waals surface area contributed by atoms with Crippen LogP contribution in [0.3, 0.4) is 0 Å². The lowest BCUT2D eigenvalue weighted by Crippen LogP contribution is -2.64. The van der Waals surface area contributed by atoms with Crippen LogP contribution in [-0.4, -0.2) is 75.4 Å². The van der Waals surface area contributed by atoms with Crippen LogP contribution in [0.1, 0.15) is 78.6 Å². The van der Waals surface area contributed by atoms with E-state index in [9.17, 15) is 25.2 Å². The molecule has 13 atom stereocenters. The third-order valence-corrected chi connectivity index (χ3v) is 12.4. The van der Waals surface area contributed by atoms with Gasteiger partial charge in [0.1, 0.15) is 24.9 Å². The summed E-state index contributed by atoms with van der Waals surface area (Å²) in [6.07, 6.45) is 6.61. The molecule has 6 rings (SSSR count). The number of carbonyl (C=O) groups is 1. The van der Waals surface area contributed by atoms with Gasteiger partial charge >= 0.3 is 5.97 Å². The fraction of sp³-hybridized carbons (Fsp3) is 0.897. The fourth-order valence-corrected chi connectivity index (χ4v) is 9.82. The average Bonchev–Trinajstić information content (AvgIpc) is 3.10. The molecule has 0 aromatic heterocycles. The third-order valence-electron chi connectivity index (χ3n) is 12.4. The van der Waals surface area contributed by atoms with Crippen molar-refractivity contribution < 1.29 is 39.4 Å². The van der Waals surface area contributed by atoms with Gasteiger partial charge in [0.05, 0.1) is 17.8 Å². The van der Waals surface area contributed by atoms with Gasteiger partial charge in [0, 0.05) is 16.9 Å². The van der Waals surface area contributed by atoms with E-state index in [1.807, 2.05) is 6.08 Å². The summed E-state index contributed by atoms with van der Waals surface area (Å²) in [5, 5.41) is 43.1. The Morgan fingerprint density at radius 2 is 1.73 bits per heavy atom. The zero-order valence-corrected chi connectivity index (χ0v) is 22.3. The minimum atomic E-state index is -1.28. The molecule has 0 radical (unpaired) electrons. The Kier molecular flexibility index (Phi) is 6.19. The number of esters is 1. The second kappa shape index (κ2) is 8.73. The molecule has 2 heterocycles. The summed E-state index contributed by atoms with van der Waals surface area (Å²) < 4.78 is 17.4. The van der Waals surface area contributed by atoms with Crippen molar-refractivity contribution in [2.75, 3.05) is 6.61 Å².